The first-order valence-electron chi connectivity index (χ1n) is 8.48. The van der Waals surface area contributed by atoms with Crippen molar-refractivity contribution >= 4 is 28.6 Å². The highest BCUT2D eigenvalue weighted by molar-refractivity contribution is 5.86. The fourth-order valence-electron chi connectivity index (χ4n) is 3.10. The molecule has 1 aliphatic heterocycles. The number of H-pyrrole nitrogens is 1. The zero-order chi connectivity index (χ0) is 17.2. The van der Waals surface area contributed by atoms with Crippen LogP contribution in [0.2, 0.25) is 0 Å². The van der Waals surface area contributed by atoms with Gasteiger partial charge >= 0.3 is 0 Å². The molecule has 0 spiro atoms. The summed E-state index contributed by atoms with van der Waals surface area (Å²) in [5, 5.41) is 11.1. The minimum Gasteiger partial charge on any atom is -0.354 e. The average Bonchev–Trinajstić information content (AvgIpc) is 3.10. The molecule has 0 aliphatic carbocycles. The molecule has 1 aliphatic rings. The Morgan fingerprint density at radius 2 is 1.92 bits per heavy atom. The quantitative estimate of drug-likeness (QED) is 0.732. The summed E-state index contributed by atoms with van der Waals surface area (Å²) in [6.45, 7) is 8.36. The molecule has 4 rings (SSSR count). The molecule has 0 saturated carbocycles. The molecular weight excluding hydrogens is 318 g/mol. The van der Waals surface area contributed by atoms with Crippen molar-refractivity contribution in [2.24, 2.45) is 0 Å². The largest absolute Gasteiger partial charge is 0.354 e. The lowest BCUT2D eigenvalue weighted by atomic mass is 10.2. The molecule has 4 heterocycles. The molecule has 0 atom stereocenters. The Balaban J connectivity index is 1.51. The molecule has 0 bridgehead atoms. The maximum Gasteiger partial charge on any atom is 0.224 e. The fraction of sp³-hybridized carbons (Fsp3) is 0.438. The molecule has 0 aromatic carbocycles. The second-order valence-electron chi connectivity index (χ2n) is 6.03. The zero-order valence-corrected chi connectivity index (χ0v) is 14.4. The van der Waals surface area contributed by atoms with Crippen LogP contribution in [0.4, 0.5) is 17.6 Å². The van der Waals surface area contributed by atoms with Gasteiger partial charge in [0.1, 0.15) is 18.0 Å². The molecular formula is C16H21N9. The van der Waals surface area contributed by atoms with Crippen LogP contribution >= 0.6 is 0 Å². The van der Waals surface area contributed by atoms with Crippen molar-refractivity contribution < 1.29 is 0 Å². The minimum atomic E-state index is 0.691. The summed E-state index contributed by atoms with van der Waals surface area (Å²) in [6, 6.07) is 2.04. The highest BCUT2D eigenvalue weighted by Gasteiger charge is 2.22. The predicted octanol–water partition coefficient (Wildman–Crippen LogP) is 1.21. The van der Waals surface area contributed by atoms with Crippen molar-refractivity contribution in [2.75, 3.05) is 47.8 Å². The van der Waals surface area contributed by atoms with Crippen molar-refractivity contribution in [2.45, 2.75) is 13.8 Å². The van der Waals surface area contributed by atoms with E-state index in [-0.39, 0.29) is 0 Å². The van der Waals surface area contributed by atoms with Crippen molar-refractivity contribution in [1.29, 1.82) is 0 Å². The molecule has 1 saturated heterocycles. The van der Waals surface area contributed by atoms with Gasteiger partial charge in [0.25, 0.3) is 0 Å². The monoisotopic (exact) mass is 339 g/mol. The normalized spacial score (nSPS) is 15.0. The Labute approximate surface area is 145 Å². The number of aryl methyl sites for hydroxylation is 1. The zero-order valence-electron chi connectivity index (χ0n) is 14.4. The summed E-state index contributed by atoms with van der Waals surface area (Å²) in [5.74, 6) is 2.60. The number of aromatic nitrogens is 6. The number of nitrogens with one attached hydrogen (secondary N) is 2. The summed E-state index contributed by atoms with van der Waals surface area (Å²) < 4.78 is 0. The molecule has 25 heavy (non-hydrogen) atoms. The van der Waals surface area contributed by atoms with Gasteiger partial charge in [-0.15, -0.1) is 0 Å². The number of nitrogens with zero attached hydrogens (tertiary/aromatic N) is 7. The minimum absolute atomic E-state index is 0.691. The molecule has 3 aromatic heterocycles. The van der Waals surface area contributed by atoms with E-state index in [9.17, 15) is 0 Å². The second-order valence-corrected chi connectivity index (χ2v) is 6.03. The molecule has 9 heteroatoms. The maximum absolute atomic E-state index is 4.63. The van der Waals surface area contributed by atoms with Gasteiger partial charge < -0.3 is 15.1 Å². The maximum atomic E-state index is 4.63. The smallest absolute Gasteiger partial charge is 0.224 e. The molecule has 0 amide bonds. The highest BCUT2D eigenvalue weighted by atomic mass is 15.3. The Kier molecular flexibility index (Phi) is 4.04. The molecule has 0 radical (unpaired) electrons. The fourth-order valence-corrected chi connectivity index (χ4v) is 3.10. The Morgan fingerprint density at radius 3 is 2.72 bits per heavy atom. The van der Waals surface area contributed by atoms with Gasteiger partial charge in [-0.1, -0.05) is 0 Å². The van der Waals surface area contributed by atoms with E-state index in [0.29, 0.717) is 5.95 Å². The third kappa shape index (κ3) is 3.04. The number of hydrogen-bond donors (Lipinski definition) is 2. The SMILES string of the molecule is CCNc1nc(C)cc(N2CCN(c3ncnc4[nH]ncc34)CC2)n1. The molecule has 130 valence electrons. The van der Waals surface area contributed by atoms with E-state index in [1.165, 1.54) is 0 Å². The van der Waals surface area contributed by atoms with Gasteiger partial charge in [-0.05, 0) is 13.8 Å². The van der Waals surface area contributed by atoms with Crippen molar-refractivity contribution in [3.05, 3.63) is 24.3 Å². The first-order chi connectivity index (χ1) is 12.2. The van der Waals surface area contributed by atoms with Crippen LogP contribution in [0.3, 0.4) is 0 Å². The molecule has 1 fully saturated rings. The number of fused-ring (bicyclic) bond motifs is 1. The molecule has 2 N–H and O–H groups in total. The Hall–Kier alpha value is -2.97. The van der Waals surface area contributed by atoms with E-state index >= 15 is 0 Å². The summed E-state index contributed by atoms with van der Waals surface area (Å²) in [7, 11) is 0. The van der Waals surface area contributed by atoms with E-state index in [1.807, 2.05) is 19.9 Å². The van der Waals surface area contributed by atoms with E-state index in [0.717, 1.165) is 61.1 Å². The summed E-state index contributed by atoms with van der Waals surface area (Å²) in [5.41, 5.74) is 1.74. The standard InChI is InChI=1S/C16H21N9/c1-3-17-16-21-11(2)8-13(22-16)24-4-6-25(7-5-24)15-12-9-20-23-14(12)18-10-19-15/h8-10H,3-7H2,1-2H3,(H,17,21,22)(H,18,19,20,23). The van der Waals surface area contributed by atoms with Crippen LogP contribution < -0.4 is 15.1 Å². The lowest BCUT2D eigenvalue weighted by Gasteiger charge is -2.36. The molecule has 0 unspecified atom stereocenters. The number of aromatic amines is 1. The van der Waals surface area contributed by atoms with Gasteiger partial charge in [0, 0.05) is 44.5 Å². The predicted molar refractivity (Wildman–Crippen MR) is 97.0 cm³/mol. The van der Waals surface area contributed by atoms with Gasteiger partial charge in [0.05, 0.1) is 11.6 Å². The van der Waals surface area contributed by atoms with Crippen molar-refractivity contribution in [3.8, 4) is 0 Å². The van der Waals surface area contributed by atoms with Crippen molar-refractivity contribution in [3.63, 3.8) is 0 Å². The molecule has 9 nitrogen and oxygen atoms in total. The van der Waals surface area contributed by atoms with Crippen LogP contribution in [0.15, 0.2) is 18.6 Å². The number of piperazine rings is 1. The van der Waals surface area contributed by atoms with Crippen LogP contribution in [-0.4, -0.2) is 62.9 Å². The van der Waals surface area contributed by atoms with E-state index in [1.54, 1.807) is 12.5 Å². The summed E-state index contributed by atoms with van der Waals surface area (Å²) in [6.07, 6.45) is 3.37. The molecule has 3 aromatic rings. The van der Waals surface area contributed by atoms with E-state index < -0.39 is 0 Å². The number of rotatable bonds is 4. The van der Waals surface area contributed by atoms with Crippen LogP contribution in [0.25, 0.3) is 11.0 Å². The van der Waals surface area contributed by atoms with Crippen molar-refractivity contribution in [1.82, 2.24) is 30.1 Å². The summed E-state index contributed by atoms with van der Waals surface area (Å²) >= 11 is 0. The number of anilines is 3. The summed E-state index contributed by atoms with van der Waals surface area (Å²) in [4.78, 5) is 22.3. The first kappa shape index (κ1) is 15.6. The van der Waals surface area contributed by atoms with Crippen LogP contribution in [0, 0.1) is 6.92 Å². The number of hydrogen-bond acceptors (Lipinski definition) is 8. The topological polar surface area (TPSA) is 98.8 Å². The Bertz CT molecular complexity index is 867. The van der Waals surface area contributed by atoms with E-state index in [2.05, 4.69) is 45.2 Å². The van der Waals surface area contributed by atoms with Gasteiger partial charge in [0.15, 0.2) is 5.65 Å². The van der Waals surface area contributed by atoms with Crippen LogP contribution in [-0.2, 0) is 0 Å². The average molecular weight is 339 g/mol. The highest BCUT2D eigenvalue weighted by Crippen LogP contribution is 2.24. The first-order valence-corrected chi connectivity index (χ1v) is 8.48. The van der Waals surface area contributed by atoms with Gasteiger partial charge in [-0.3, -0.25) is 5.10 Å². The van der Waals surface area contributed by atoms with Crippen LogP contribution in [0.1, 0.15) is 12.6 Å². The van der Waals surface area contributed by atoms with Gasteiger partial charge in [0.2, 0.25) is 5.95 Å². The second kappa shape index (κ2) is 6.50. The van der Waals surface area contributed by atoms with Gasteiger partial charge in [-0.25, -0.2) is 15.0 Å². The lowest BCUT2D eigenvalue weighted by Crippen LogP contribution is -2.47. The Morgan fingerprint density at radius 1 is 1.12 bits per heavy atom. The lowest BCUT2D eigenvalue weighted by molar-refractivity contribution is 0.642. The third-order valence-corrected chi connectivity index (χ3v) is 4.31. The van der Waals surface area contributed by atoms with Gasteiger partial charge in [-0.2, -0.15) is 10.1 Å². The van der Waals surface area contributed by atoms with E-state index in [4.69, 9.17) is 0 Å². The third-order valence-electron chi connectivity index (χ3n) is 4.31. The van der Waals surface area contributed by atoms with Crippen LogP contribution in [0.5, 0.6) is 0 Å².